The van der Waals surface area contributed by atoms with Gasteiger partial charge in [-0.3, -0.25) is 9.59 Å². The van der Waals surface area contributed by atoms with Gasteiger partial charge in [0.2, 0.25) is 0 Å². The van der Waals surface area contributed by atoms with E-state index in [2.05, 4.69) is 4.98 Å². The smallest absolute Gasteiger partial charge is 0.311 e. The maximum atomic E-state index is 13.3. The monoisotopic (exact) mass is 369 g/mol. The Morgan fingerprint density at radius 3 is 2.58 bits per heavy atom. The molecule has 0 aliphatic rings. The number of carbonyl (C=O) groups is 2. The quantitative estimate of drug-likeness (QED) is 0.673. The topological polar surface area (TPSA) is 67.3 Å². The summed E-state index contributed by atoms with van der Waals surface area (Å²) in [6, 6.07) is 14.8. The number of hydrogen-bond donors (Lipinski definition) is 1. The van der Waals surface area contributed by atoms with Crippen LogP contribution in [0.15, 0.2) is 60.0 Å². The molecule has 4 nitrogen and oxygen atoms in total. The van der Waals surface area contributed by atoms with Crippen molar-refractivity contribution in [3.05, 3.63) is 77.1 Å². The number of rotatable bonds is 7. The van der Waals surface area contributed by atoms with E-state index < -0.39 is 11.9 Å². The molecule has 3 aromatic rings. The predicted molar refractivity (Wildman–Crippen MR) is 97.7 cm³/mol. The minimum absolute atomic E-state index is 0.0580. The van der Waals surface area contributed by atoms with Crippen molar-refractivity contribution in [2.75, 3.05) is 0 Å². The molecule has 0 unspecified atom stereocenters. The lowest BCUT2D eigenvalue weighted by Gasteiger charge is -2.11. The van der Waals surface area contributed by atoms with E-state index in [4.69, 9.17) is 0 Å². The molecule has 132 valence electrons. The minimum atomic E-state index is -1.02. The summed E-state index contributed by atoms with van der Waals surface area (Å²) in [5.74, 6) is -2.44. The molecule has 0 aliphatic heterocycles. The number of ketones is 1. The molecular formula is C20H16FNO3S. The first-order valence-electron chi connectivity index (χ1n) is 8.02. The standard InChI is InChI=1S/C20H16FNO3S/c21-15-8-4-7-14(9-15)19-22-16(12-26-19)10-17(23)11-18(20(24)25)13-5-2-1-3-6-13/h1-9,12,18H,10-11H2,(H,24,25)/t18-/m0/s1. The zero-order chi connectivity index (χ0) is 18.5. The summed E-state index contributed by atoms with van der Waals surface area (Å²) in [7, 11) is 0. The van der Waals surface area contributed by atoms with Gasteiger partial charge in [0, 0.05) is 23.8 Å². The third-order valence-corrected chi connectivity index (χ3v) is 4.87. The van der Waals surface area contributed by atoms with Gasteiger partial charge >= 0.3 is 5.97 Å². The summed E-state index contributed by atoms with van der Waals surface area (Å²) in [5, 5.41) is 11.8. The highest BCUT2D eigenvalue weighted by Gasteiger charge is 2.23. The third-order valence-electron chi connectivity index (χ3n) is 3.93. The molecule has 3 rings (SSSR count). The van der Waals surface area contributed by atoms with E-state index in [9.17, 15) is 19.1 Å². The molecule has 1 heterocycles. The zero-order valence-corrected chi connectivity index (χ0v) is 14.6. The Morgan fingerprint density at radius 1 is 1.12 bits per heavy atom. The Morgan fingerprint density at radius 2 is 1.88 bits per heavy atom. The van der Waals surface area contributed by atoms with Crippen LogP contribution in [0.1, 0.15) is 23.6 Å². The van der Waals surface area contributed by atoms with Gasteiger partial charge in [-0.25, -0.2) is 9.37 Å². The van der Waals surface area contributed by atoms with Gasteiger partial charge in [0.25, 0.3) is 0 Å². The van der Waals surface area contributed by atoms with Crippen LogP contribution in [0.3, 0.4) is 0 Å². The van der Waals surface area contributed by atoms with E-state index in [1.165, 1.54) is 23.5 Å². The second-order valence-corrected chi connectivity index (χ2v) is 6.73. The van der Waals surface area contributed by atoms with Gasteiger partial charge in [0.05, 0.1) is 11.6 Å². The molecule has 1 N–H and O–H groups in total. The molecule has 1 aromatic heterocycles. The number of nitrogens with zero attached hydrogens (tertiary/aromatic N) is 1. The number of aliphatic carboxylic acids is 1. The molecule has 26 heavy (non-hydrogen) atoms. The number of hydrogen-bond acceptors (Lipinski definition) is 4. The number of aromatic nitrogens is 1. The van der Waals surface area contributed by atoms with Gasteiger partial charge in [-0.05, 0) is 17.7 Å². The van der Waals surface area contributed by atoms with E-state index in [1.807, 2.05) is 0 Å². The van der Waals surface area contributed by atoms with E-state index in [1.54, 1.807) is 47.8 Å². The van der Waals surface area contributed by atoms with E-state index in [-0.39, 0.29) is 24.4 Å². The van der Waals surface area contributed by atoms with Crippen LogP contribution in [0.4, 0.5) is 4.39 Å². The Balaban J connectivity index is 1.69. The van der Waals surface area contributed by atoms with Crippen LogP contribution in [-0.2, 0) is 16.0 Å². The molecule has 0 radical (unpaired) electrons. The maximum Gasteiger partial charge on any atom is 0.311 e. The van der Waals surface area contributed by atoms with Gasteiger partial charge in [-0.2, -0.15) is 0 Å². The molecule has 0 spiro atoms. The van der Waals surface area contributed by atoms with Crippen LogP contribution in [0, 0.1) is 5.82 Å². The van der Waals surface area contributed by atoms with Crippen molar-refractivity contribution in [1.29, 1.82) is 0 Å². The maximum absolute atomic E-state index is 13.3. The van der Waals surface area contributed by atoms with Crippen LogP contribution >= 0.6 is 11.3 Å². The number of Topliss-reactive ketones (excluding diaryl/α,β-unsaturated/α-hetero) is 1. The predicted octanol–water partition coefficient (Wildman–Crippen LogP) is 4.32. The van der Waals surface area contributed by atoms with Crippen LogP contribution in [-0.4, -0.2) is 21.8 Å². The summed E-state index contributed by atoms with van der Waals surface area (Å²) in [5.41, 5.74) is 1.82. The lowest BCUT2D eigenvalue weighted by atomic mass is 9.93. The number of carbonyl (C=O) groups excluding carboxylic acids is 1. The van der Waals surface area contributed by atoms with E-state index >= 15 is 0 Å². The molecule has 0 bridgehead atoms. The summed E-state index contributed by atoms with van der Waals surface area (Å²) < 4.78 is 13.3. The SMILES string of the molecule is O=C(Cc1csc(-c2cccc(F)c2)n1)C[C@H](C(=O)O)c1ccccc1. The van der Waals surface area contributed by atoms with Gasteiger partial charge in [0.1, 0.15) is 16.6 Å². The van der Waals surface area contributed by atoms with Gasteiger partial charge in [-0.1, -0.05) is 42.5 Å². The first kappa shape index (κ1) is 17.9. The lowest BCUT2D eigenvalue weighted by molar-refractivity contribution is -0.140. The fraction of sp³-hybridized carbons (Fsp3) is 0.150. The molecule has 2 aromatic carbocycles. The third kappa shape index (κ3) is 4.40. The van der Waals surface area contributed by atoms with E-state index in [0.29, 0.717) is 21.8 Å². The van der Waals surface area contributed by atoms with Crippen LogP contribution in [0.2, 0.25) is 0 Å². The highest BCUT2D eigenvalue weighted by molar-refractivity contribution is 7.13. The molecule has 0 fully saturated rings. The fourth-order valence-corrected chi connectivity index (χ4v) is 3.49. The van der Waals surface area contributed by atoms with Crippen molar-refractivity contribution < 1.29 is 19.1 Å². The first-order valence-corrected chi connectivity index (χ1v) is 8.90. The largest absolute Gasteiger partial charge is 0.481 e. The zero-order valence-electron chi connectivity index (χ0n) is 13.8. The molecule has 0 amide bonds. The lowest BCUT2D eigenvalue weighted by Crippen LogP contribution is -2.17. The summed E-state index contributed by atoms with van der Waals surface area (Å²) in [6.07, 6.45) is -0.0331. The number of thiazole rings is 1. The Hall–Kier alpha value is -2.86. The summed E-state index contributed by atoms with van der Waals surface area (Å²) in [4.78, 5) is 28.2. The minimum Gasteiger partial charge on any atom is -0.481 e. The number of carboxylic acid groups (broad SMARTS) is 1. The van der Waals surface area contributed by atoms with Gasteiger partial charge in [0.15, 0.2) is 0 Å². The molecule has 1 atom stereocenters. The van der Waals surface area contributed by atoms with Gasteiger partial charge < -0.3 is 5.11 Å². The van der Waals surface area contributed by atoms with Crippen molar-refractivity contribution in [2.24, 2.45) is 0 Å². The molecule has 0 aliphatic carbocycles. The summed E-state index contributed by atoms with van der Waals surface area (Å²) >= 11 is 1.33. The Kier molecular flexibility index (Phi) is 5.53. The normalized spacial score (nSPS) is 11.9. The second kappa shape index (κ2) is 8.01. The van der Waals surface area contributed by atoms with Crippen molar-refractivity contribution in [1.82, 2.24) is 4.98 Å². The number of carboxylic acids is 1. The second-order valence-electron chi connectivity index (χ2n) is 5.88. The number of halogens is 1. The van der Waals surface area contributed by atoms with Crippen molar-refractivity contribution in [2.45, 2.75) is 18.8 Å². The number of benzene rings is 2. The Bertz CT molecular complexity index is 924. The Labute approximate surface area is 154 Å². The molecular weight excluding hydrogens is 353 g/mol. The molecule has 0 saturated carbocycles. The van der Waals surface area contributed by atoms with Crippen LogP contribution in [0.5, 0.6) is 0 Å². The summed E-state index contributed by atoms with van der Waals surface area (Å²) in [6.45, 7) is 0. The van der Waals surface area contributed by atoms with Crippen LogP contribution < -0.4 is 0 Å². The van der Waals surface area contributed by atoms with Crippen molar-refractivity contribution >= 4 is 23.1 Å². The van der Waals surface area contributed by atoms with Gasteiger partial charge in [-0.15, -0.1) is 11.3 Å². The van der Waals surface area contributed by atoms with Crippen molar-refractivity contribution in [3.63, 3.8) is 0 Å². The highest BCUT2D eigenvalue weighted by atomic mass is 32.1. The first-order chi connectivity index (χ1) is 12.5. The fourth-order valence-electron chi connectivity index (χ4n) is 2.68. The highest BCUT2D eigenvalue weighted by Crippen LogP contribution is 2.26. The van der Waals surface area contributed by atoms with Crippen LogP contribution in [0.25, 0.3) is 10.6 Å². The average Bonchev–Trinajstić information content (AvgIpc) is 3.08. The van der Waals surface area contributed by atoms with Crippen molar-refractivity contribution in [3.8, 4) is 10.6 Å². The molecule has 0 saturated heterocycles. The molecule has 6 heteroatoms. The average molecular weight is 369 g/mol. The van der Waals surface area contributed by atoms with E-state index in [0.717, 1.165) is 0 Å².